The predicted octanol–water partition coefficient (Wildman–Crippen LogP) is 3.08. The van der Waals surface area contributed by atoms with Crippen molar-refractivity contribution in [2.24, 2.45) is 0 Å². The smallest absolute Gasteiger partial charge is 0.130 e. The van der Waals surface area contributed by atoms with Gasteiger partial charge in [0.2, 0.25) is 0 Å². The van der Waals surface area contributed by atoms with Crippen molar-refractivity contribution in [1.82, 2.24) is 0 Å². The summed E-state index contributed by atoms with van der Waals surface area (Å²) in [5.74, 6) is -0.483. The molecule has 2 rings (SSSR count). The average Bonchev–Trinajstić information content (AvgIpc) is 2.64. The summed E-state index contributed by atoms with van der Waals surface area (Å²) in [6, 6.07) is 4.29. The van der Waals surface area contributed by atoms with E-state index in [0.29, 0.717) is 5.02 Å². The first kappa shape index (κ1) is 11.8. The molecule has 3 unspecified atom stereocenters. The van der Waals surface area contributed by atoms with Crippen molar-refractivity contribution in [1.29, 1.82) is 0 Å². The monoisotopic (exact) mass is 244 g/mol. The maximum absolute atomic E-state index is 13.6. The van der Waals surface area contributed by atoms with Crippen molar-refractivity contribution in [2.45, 2.75) is 38.1 Å². The highest BCUT2D eigenvalue weighted by molar-refractivity contribution is 6.30. The predicted molar refractivity (Wildman–Crippen MR) is 59.9 cm³/mol. The van der Waals surface area contributed by atoms with Crippen LogP contribution >= 0.6 is 11.6 Å². The number of aliphatic hydroxyl groups excluding tert-OH is 1. The Balaban J connectivity index is 2.17. The van der Waals surface area contributed by atoms with Crippen LogP contribution < -0.4 is 0 Å². The molecule has 1 aliphatic heterocycles. The minimum absolute atomic E-state index is 0.134. The largest absolute Gasteiger partial charge is 0.386 e. The van der Waals surface area contributed by atoms with Crippen molar-refractivity contribution in [3.63, 3.8) is 0 Å². The van der Waals surface area contributed by atoms with Gasteiger partial charge in [0.1, 0.15) is 11.9 Å². The molecule has 1 saturated heterocycles. The van der Waals surface area contributed by atoms with Crippen molar-refractivity contribution in [3.8, 4) is 0 Å². The van der Waals surface area contributed by atoms with Gasteiger partial charge >= 0.3 is 0 Å². The molecule has 1 aliphatic rings. The highest BCUT2D eigenvalue weighted by atomic mass is 35.5. The third-order valence-corrected chi connectivity index (χ3v) is 3.13. The molecule has 3 atom stereocenters. The summed E-state index contributed by atoms with van der Waals surface area (Å²) in [4.78, 5) is 0. The number of rotatable bonds is 2. The van der Waals surface area contributed by atoms with E-state index in [1.807, 2.05) is 6.92 Å². The zero-order valence-corrected chi connectivity index (χ0v) is 9.75. The molecular formula is C12H14ClFO2. The van der Waals surface area contributed by atoms with Gasteiger partial charge in [0.15, 0.2) is 0 Å². The first-order valence-corrected chi connectivity index (χ1v) is 5.74. The Labute approximate surface area is 99.0 Å². The summed E-state index contributed by atoms with van der Waals surface area (Å²) in [7, 11) is 0. The van der Waals surface area contributed by atoms with E-state index in [1.54, 1.807) is 6.07 Å². The fourth-order valence-corrected chi connectivity index (χ4v) is 2.17. The summed E-state index contributed by atoms with van der Waals surface area (Å²) in [6.07, 6.45) is 0.560. The van der Waals surface area contributed by atoms with Crippen LogP contribution in [-0.2, 0) is 4.74 Å². The van der Waals surface area contributed by atoms with E-state index in [1.165, 1.54) is 12.1 Å². The molecule has 4 heteroatoms. The molecule has 1 aromatic rings. The molecule has 0 aliphatic carbocycles. The Morgan fingerprint density at radius 1 is 1.50 bits per heavy atom. The molecule has 1 aromatic carbocycles. The quantitative estimate of drug-likeness (QED) is 0.866. The Morgan fingerprint density at radius 2 is 2.25 bits per heavy atom. The SMILES string of the molecule is CC1CCC(C(O)c2ccc(Cl)cc2F)O1. The zero-order valence-electron chi connectivity index (χ0n) is 8.99. The number of halogens is 2. The molecule has 0 radical (unpaired) electrons. The molecule has 88 valence electrons. The molecule has 1 heterocycles. The molecular weight excluding hydrogens is 231 g/mol. The lowest BCUT2D eigenvalue weighted by atomic mass is 10.0. The van der Waals surface area contributed by atoms with Crippen LogP contribution in [0.1, 0.15) is 31.4 Å². The van der Waals surface area contributed by atoms with Crippen molar-refractivity contribution >= 4 is 11.6 Å². The van der Waals surface area contributed by atoms with E-state index in [0.717, 1.165) is 12.8 Å². The second-order valence-electron chi connectivity index (χ2n) is 4.17. The van der Waals surface area contributed by atoms with Crippen molar-refractivity contribution < 1.29 is 14.2 Å². The first-order valence-electron chi connectivity index (χ1n) is 5.36. The van der Waals surface area contributed by atoms with E-state index in [9.17, 15) is 9.50 Å². The van der Waals surface area contributed by atoms with E-state index in [4.69, 9.17) is 16.3 Å². The molecule has 1 N–H and O–H groups in total. The third kappa shape index (κ3) is 2.37. The highest BCUT2D eigenvalue weighted by Crippen LogP contribution is 2.31. The molecule has 0 spiro atoms. The molecule has 0 aromatic heterocycles. The molecule has 16 heavy (non-hydrogen) atoms. The maximum atomic E-state index is 13.6. The fraction of sp³-hybridized carbons (Fsp3) is 0.500. The average molecular weight is 245 g/mol. The van der Waals surface area contributed by atoms with E-state index in [2.05, 4.69) is 0 Å². The van der Waals surface area contributed by atoms with Crippen LogP contribution in [0.15, 0.2) is 18.2 Å². The number of hydrogen-bond donors (Lipinski definition) is 1. The molecule has 1 fully saturated rings. The van der Waals surface area contributed by atoms with Crippen LogP contribution in [0.3, 0.4) is 0 Å². The summed E-state index contributed by atoms with van der Waals surface area (Å²) in [5.41, 5.74) is 0.253. The molecule has 0 saturated carbocycles. The van der Waals surface area contributed by atoms with Crippen LogP contribution in [0.4, 0.5) is 4.39 Å². The van der Waals surface area contributed by atoms with Gasteiger partial charge in [-0.1, -0.05) is 17.7 Å². The van der Waals surface area contributed by atoms with E-state index in [-0.39, 0.29) is 17.8 Å². The second-order valence-corrected chi connectivity index (χ2v) is 4.61. The van der Waals surface area contributed by atoms with Gasteiger partial charge < -0.3 is 9.84 Å². The normalized spacial score (nSPS) is 27.0. The van der Waals surface area contributed by atoms with Crippen molar-refractivity contribution in [2.75, 3.05) is 0 Å². The maximum Gasteiger partial charge on any atom is 0.130 e. The van der Waals surface area contributed by atoms with Crippen LogP contribution in [0.25, 0.3) is 0 Å². The van der Waals surface area contributed by atoms with E-state index < -0.39 is 11.9 Å². The Morgan fingerprint density at radius 3 is 2.81 bits per heavy atom. The summed E-state index contributed by atoms with van der Waals surface area (Å²) in [6.45, 7) is 1.95. The van der Waals surface area contributed by atoms with Gasteiger partial charge in [-0.15, -0.1) is 0 Å². The molecule has 2 nitrogen and oxygen atoms in total. The minimum atomic E-state index is -0.915. The lowest BCUT2D eigenvalue weighted by Gasteiger charge is -2.19. The lowest BCUT2D eigenvalue weighted by molar-refractivity contribution is -0.0310. The highest BCUT2D eigenvalue weighted by Gasteiger charge is 2.30. The topological polar surface area (TPSA) is 29.5 Å². The van der Waals surface area contributed by atoms with Gasteiger partial charge in [-0.2, -0.15) is 0 Å². The zero-order chi connectivity index (χ0) is 11.7. The first-order chi connectivity index (χ1) is 7.58. The molecule has 0 amide bonds. The second kappa shape index (κ2) is 4.70. The minimum Gasteiger partial charge on any atom is -0.386 e. The van der Waals surface area contributed by atoms with Gasteiger partial charge in [-0.25, -0.2) is 4.39 Å². The van der Waals surface area contributed by atoms with Gasteiger partial charge in [0.25, 0.3) is 0 Å². The van der Waals surface area contributed by atoms with Gasteiger partial charge in [0.05, 0.1) is 12.2 Å². The molecule has 0 bridgehead atoms. The Kier molecular flexibility index (Phi) is 3.47. The lowest BCUT2D eigenvalue weighted by Crippen LogP contribution is -2.19. The van der Waals surface area contributed by atoms with Gasteiger partial charge in [-0.3, -0.25) is 0 Å². The number of aliphatic hydroxyl groups is 1. The number of benzene rings is 1. The Hall–Kier alpha value is -0.640. The van der Waals surface area contributed by atoms with Crippen molar-refractivity contribution in [3.05, 3.63) is 34.6 Å². The summed E-state index contributed by atoms with van der Waals surface area (Å²) < 4.78 is 19.1. The van der Waals surface area contributed by atoms with Crippen LogP contribution in [0.5, 0.6) is 0 Å². The van der Waals surface area contributed by atoms with Gasteiger partial charge in [0, 0.05) is 10.6 Å². The summed E-state index contributed by atoms with van der Waals surface area (Å²) in [5, 5.41) is 10.3. The number of hydrogen-bond acceptors (Lipinski definition) is 2. The fourth-order valence-electron chi connectivity index (χ4n) is 2.01. The van der Waals surface area contributed by atoms with Crippen LogP contribution in [0, 0.1) is 5.82 Å². The third-order valence-electron chi connectivity index (χ3n) is 2.90. The Bertz CT molecular complexity index is 383. The van der Waals surface area contributed by atoms with Crippen LogP contribution in [0.2, 0.25) is 5.02 Å². The standard InChI is InChI=1S/C12H14ClFO2/c1-7-2-5-11(16-7)12(15)9-4-3-8(13)6-10(9)14/h3-4,6-7,11-12,15H,2,5H2,1H3. The summed E-state index contributed by atoms with van der Waals surface area (Å²) >= 11 is 5.65. The number of ether oxygens (including phenoxy) is 1. The van der Waals surface area contributed by atoms with Crippen LogP contribution in [-0.4, -0.2) is 17.3 Å². The van der Waals surface area contributed by atoms with Gasteiger partial charge in [-0.05, 0) is 31.9 Å². The van der Waals surface area contributed by atoms with E-state index >= 15 is 0 Å².